The molecule has 86 valence electrons. The number of carboxylic acid groups (broad SMARTS) is 1. The number of rotatable bonds is 5. The van der Waals surface area contributed by atoms with Gasteiger partial charge in [0.1, 0.15) is 5.75 Å². The molecule has 16 heavy (non-hydrogen) atoms. The predicted octanol–water partition coefficient (Wildman–Crippen LogP) is 2.40. The van der Waals surface area contributed by atoms with E-state index in [1.54, 1.807) is 13.0 Å². The first-order valence-electron chi connectivity index (χ1n) is 4.72. The summed E-state index contributed by atoms with van der Waals surface area (Å²) in [4.78, 5) is 21.6. The van der Waals surface area contributed by atoms with E-state index in [2.05, 4.69) is 0 Å². The van der Waals surface area contributed by atoms with Crippen molar-refractivity contribution in [2.75, 3.05) is 6.61 Å². The fraction of sp³-hybridized carbons (Fsp3) is 0.273. The molecule has 1 N–H and O–H groups in total. The van der Waals surface area contributed by atoms with Crippen LogP contribution in [0.1, 0.15) is 23.7 Å². The summed E-state index contributed by atoms with van der Waals surface area (Å²) in [6.45, 7) is 1.30. The summed E-state index contributed by atoms with van der Waals surface area (Å²) >= 11 is 5.84. The molecule has 0 amide bonds. The maximum atomic E-state index is 11.3. The lowest BCUT2D eigenvalue weighted by Crippen LogP contribution is -2.09. The van der Waals surface area contributed by atoms with E-state index < -0.39 is 12.6 Å². The molecule has 1 aromatic rings. The third-order valence-corrected chi connectivity index (χ3v) is 2.22. The number of hydrogen-bond donors (Lipinski definition) is 1. The largest absolute Gasteiger partial charge is 0.480 e. The highest BCUT2D eigenvalue weighted by Crippen LogP contribution is 2.25. The van der Waals surface area contributed by atoms with Gasteiger partial charge in [0.15, 0.2) is 12.4 Å². The molecule has 0 fully saturated rings. The zero-order valence-corrected chi connectivity index (χ0v) is 9.45. The molecule has 0 heterocycles. The molecule has 0 aliphatic heterocycles. The number of hydrogen-bond acceptors (Lipinski definition) is 3. The molecular formula is C11H11ClO4. The van der Waals surface area contributed by atoms with Crippen LogP contribution in [0.25, 0.3) is 0 Å². The molecule has 1 aromatic carbocycles. The Hall–Kier alpha value is -1.55. The van der Waals surface area contributed by atoms with Crippen LogP contribution in [0.4, 0.5) is 0 Å². The van der Waals surface area contributed by atoms with Crippen LogP contribution in [0.15, 0.2) is 18.2 Å². The molecule has 0 atom stereocenters. The molecule has 0 aliphatic rings. The number of halogens is 1. The molecule has 0 bridgehead atoms. The van der Waals surface area contributed by atoms with Gasteiger partial charge in [0.25, 0.3) is 0 Å². The Balaban J connectivity index is 2.83. The summed E-state index contributed by atoms with van der Waals surface area (Å²) < 4.78 is 4.92. The molecule has 0 saturated heterocycles. The minimum absolute atomic E-state index is 0.0216. The van der Waals surface area contributed by atoms with E-state index in [1.807, 2.05) is 0 Å². The SMILES string of the molecule is CCC(=O)c1ccc(OCC(=O)O)c(Cl)c1. The number of aliphatic carboxylic acids is 1. The first-order chi connectivity index (χ1) is 7.54. The van der Waals surface area contributed by atoms with Crippen molar-refractivity contribution >= 4 is 23.4 Å². The molecule has 4 nitrogen and oxygen atoms in total. The number of ketones is 1. The molecule has 0 radical (unpaired) electrons. The third kappa shape index (κ3) is 3.24. The summed E-state index contributed by atoms with van der Waals surface area (Å²) in [6.07, 6.45) is 0.395. The maximum absolute atomic E-state index is 11.3. The van der Waals surface area contributed by atoms with Crippen LogP contribution in [0.3, 0.4) is 0 Å². The summed E-state index contributed by atoms with van der Waals surface area (Å²) in [7, 11) is 0. The Morgan fingerprint density at radius 3 is 2.62 bits per heavy atom. The van der Waals surface area contributed by atoms with Gasteiger partial charge < -0.3 is 9.84 Å². The Kier molecular flexibility index (Phi) is 4.31. The number of carbonyl (C=O) groups is 2. The minimum atomic E-state index is -1.08. The summed E-state index contributed by atoms with van der Waals surface area (Å²) in [6, 6.07) is 4.54. The first-order valence-corrected chi connectivity index (χ1v) is 5.09. The lowest BCUT2D eigenvalue weighted by molar-refractivity contribution is -0.139. The van der Waals surface area contributed by atoms with Crippen LogP contribution < -0.4 is 4.74 Å². The van der Waals surface area contributed by atoms with Crippen molar-refractivity contribution in [1.29, 1.82) is 0 Å². The zero-order chi connectivity index (χ0) is 12.1. The summed E-state index contributed by atoms with van der Waals surface area (Å²) in [5.41, 5.74) is 0.496. The van der Waals surface area contributed by atoms with E-state index in [9.17, 15) is 9.59 Å². The second-order valence-electron chi connectivity index (χ2n) is 3.10. The van der Waals surface area contributed by atoms with Crippen LogP contribution in [-0.2, 0) is 4.79 Å². The van der Waals surface area contributed by atoms with Gasteiger partial charge in [-0.05, 0) is 18.2 Å². The molecule has 0 spiro atoms. The standard InChI is InChI=1S/C11H11ClO4/c1-2-9(13)7-3-4-10(8(12)5-7)16-6-11(14)15/h3-5H,2,6H2,1H3,(H,14,15). The number of ether oxygens (including phenoxy) is 1. The summed E-state index contributed by atoms with van der Waals surface area (Å²) in [5, 5.41) is 8.66. The highest BCUT2D eigenvalue weighted by Gasteiger charge is 2.08. The fourth-order valence-corrected chi connectivity index (χ4v) is 1.37. The van der Waals surface area contributed by atoms with E-state index in [0.717, 1.165) is 0 Å². The van der Waals surface area contributed by atoms with Crippen LogP contribution in [0, 0.1) is 0 Å². The van der Waals surface area contributed by atoms with Crippen molar-refractivity contribution in [2.45, 2.75) is 13.3 Å². The Bertz CT molecular complexity index is 414. The third-order valence-electron chi connectivity index (χ3n) is 1.93. The van der Waals surface area contributed by atoms with Gasteiger partial charge in [-0.2, -0.15) is 0 Å². The molecule has 0 unspecified atom stereocenters. The van der Waals surface area contributed by atoms with E-state index in [4.69, 9.17) is 21.4 Å². The molecule has 0 saturated carbocycles. The Labute approximate surface area is 97.8 Å². The van der Waals surface area contributed by atoms with Crippen LogP contribution >= 0.6 is 11.6 Å². The second-order valence-corrected chi connectivity index (χ2v) is 3.51. The molecule has 1 rings (SSSR count). The second kappa shape index (κ2) is 5.51. The van der Waals surface area contributed by atoms with Gasteiger partial charge in [0.2, 0.25) is 0 Å². The van der Waals surface area contributed by atoms with Crippen LogP contribution in [0.2, 0.25) is 5.02 Å². The van der Waals surface area contributed by atoms with Crippen LogP contribution in [0.5, 0.6) is 5.75 Å². The van der Waals surface area contributed by atoms with Gasteiger partial charge in [-0.25, -0.2) is 4.79 Å². The molecule has 5 heteroatoms. The lowest BCUT2D eigenvalue weighted by Gasteiger charge is -2.06. The van der Waals surface area contributed by atoms with Crippen molar-refractivity contribution in [2.24, 2.45) is 0 Å². The number of carbonyl (C=O) groups excluding carboxylic acids is 1. The lowest BCUT2D eigenvalue weighted by atomic mass is 10.1. The monoisotopic (exact) mass is 242 g/mol. The normalized spacial score (nSPS) is 9.88. The summed E-state index contributed by atoms with van der Waals surface area (Å²) in [5.74, 6) is -0.840. The van der Waals surface area contributed by atoms with E-state index in [0.29, 0.717) is 12.0 Å². The van der Waals surface area contributed by atoms with Crippen molar-refractivity contribution in [1.82, 2.24) is 0 Å². The van der Waals surface area contributed by atoms with Gasteiger partial charge >= 0.3 is 5.97 Å². The minimum Gasteiger partial charge on any atom is -0.480 e. The Morgan fingerprint density at radius 1 is 1.44 bits per heavy atom. The van der Waals surface area contributed by atoms with E-state index in [-0.39, 0.29) is 16.6 Å². The highest BCUT2D eigenvalue weighted by atomic mass is 35.5. The number of carboxylic acids is 1. The van der Waals surface area contributed by atoms with Gasteiger partial charge in [-0.15, -0.1) is 0 Å². The first kappa shape index (κ1) is 12.5. The number of Topliss-reactive ketones (excluding diaryl/α,β-unsaturated/α-hetero) is 1. The average molecular weight is 243 g/mol. The maximum Gasteiger partial charge on any atom is 0.341 e. The highest BCUT2D eigenvalue weighted by molar-refractivity contribution is 6.32. The Morgan fingerprint density at radius 2 is 2.12 bits per heavy atom. The van der Waals surface area contributed by atoms with Crippen molar-refractivity contribution in [3.05, 3.63) is 28.8 Å². The van der Waals surface area contributed by atoms with Crippen molar-refractivity contribution < 1.29 is 19.4 Å². The van der Waals surface area contributed by atoms with Gasteiger partial charge in [-0.1, -0.05) is 18.5 Å². The average Bonchev–Trinajstić information content (AvgIpc) is 2.26. The molecule has 0 aliphatic carbocycles. The van der Waals surface area contributed by atoms with Crippen molar-refractivity contribution in [3.63, 3.8) is 0 Å². The van der Waals surface area contributed by atoms with E-state index >= 15 is 0 Å². The molecule has 0 aromatic heterocycles. The van der Waals surface area contributed by atoms with Gasteiger partial charge in [0.05, 0.1) is 5.02 Å². The molecular weight excluding hydrogens is 232 g/mol. The zero-order valence-electron chi connectivity index (χ0n) is 8.70. The van der Waals surface area contributed by atoms with Gasteiger partial charge in [-0.3, -0.25) is 4.79 Å². The van der Waals surface area contributed by atoms with Gasteiger partial charge in [0, 0.05) is 12.0 Å². The fourth-order valence-electron chi connectivity index (χ4n) is 1.13. The quantitative estimate of drug-likeness (QED) is 0.806. The van der Waals surface area contributed by atoms with Crippen molar-refractivity contribution in [3.8, 4) is 5.75 Å². The smallest absolute Gasteiger partial charge is 0.341 e. The topological polar surface area (TPSA) is 63.6 Å². The predicted molar refractivity (Wildman–Crippen MR) is 59.2 cm³/mol. The van der Waals surface area contributed by atoms with E-state index in [1.165, 1.54) is 12.1 Å². The van der Waals surface area contributed by atoms with Crippen LogP contribution in [-0.4, -0.2) is 23.5 Å². The number of benzene rings is 1.